The van der Waals surface area contributed by atoms with Gasteiger partial charge in [-0.2, -0.15) is 0 Å². The summed E-state index contributed by atoms with van der Waals surface area (Å²) in [5.41, 5.74) is 2.21. The van der Waals surface area contributed by atoms with Crippen molar-refractivity contribution in [2.75, 3.05) is 6.61 Å². The standard InChI is InChI=1S/C18H26N2O3/c1-18(12-21,14-6-4-3-5-7-14)19-11-13-8-9-15-16(10-13)23-17(22)20(15)2/h8-10,14,19,21H,3-7,11-12H2,1-2H3. The molecule has 0 aliphatic heterocycles. The molecule has 1 heterocycles. The van der Waals surface area contributed by atoms with Crippen LogP contribution in [0.3, 0.4) is 0 Å². The lowest BCUT2D eigenvalue weighted by atomic mass is 9.76. The van der Waals surface area contributed by atoms with Crippen LogP contribution in [-0.2, 0) is 13.6 Å². The molecule has 1 aliphatic rings. The van der Waals surface area contributed by atoms with Gasteiger partial charge in [0.25, 0.3) is 0 Å². The van der Waals surface area contributed by atoms with E-state index in [1.807, 2.05) is 18.2 Å². The van der Waals surface area contributed by atoms with Crippen molar-refractivity contribution in [1.29, 1.82) is 0 Å². The van der Waals surface area contributed by atoms with E-state index in [0.29, 0.717) is 18.0 Å². The van der Waals surface area contributed by atoms with Crippen LogP contribution in [0.1, 0.15) is 44.6 Å². The highest BCUT2D eigenvalue weighted by Gasteiger charge is 2.33. The third kappa shape index (κ3) is 3.21. The molecule has 1 aliphatic carbocycles. The van der Waals surface area contributed by atoms with E-state index in [1.165, 1.54) is 36.7 Å². The summed E-state index contributed by atoms with van der Waals surface area (Å²) >= 11 is 0. The van der Waals surface area contributed by atoms with Crippen molar-refractivity contribution >= 4 is 11.1 Å². The van der Waals surface area contributed by atoms with Gasteiger partial charge in [-0.3, -0.25) is 4.57 Å². The number of nitrogens with zero attached hydrogens (tertiary/aromatic N) is 1. The second kappa shape index (κ2) is 6.49. The van der Waals surface area contributed by atoms with E-state index in [0.717, 1.165) is 11.1 Å². The van der Waals surface area contributed by atoms with Crippen LogP contribution in [0.5, 0.6) is 0 Å². The minimum atomic E-state index is -0.340. The summed E-state index contributed by atoms with van der Waals surface area (Å²) in [6.45, 7) is 2.91. The van der Waals surface area contributed by atoms with Crippen LogP contribution in [0.4, 0.5) is 0 Å². The Hall–Kier alpha value is -1.59. The molecule has 5 nitrogen and oxygen atoms in total. The van der Waals surface area contributed by atoms with Crippen LogP contribution in [-0.4, -0.2) is 21.8 Å². The maximum Gasteiger partial charge on any atom is 0.419 e. The molecular weight excluding hydrogens is 292 g/mol. The lowest BCUT2D eigenvalue weighted by Crippen LogP contribution is -2.52. The number of benzene rings is 1. The van der Waals surface area contributed by atoms with E-state index >= 15 is 0 Å². The fraction of sp³-hybridized carbons (Fsp3) is 0.611. The molecular formula is C18H26N2O3. The Morgan fingerprint density at radius 2 is 2.09 bits per heavy atom. The molecule has 1 atom stereocenters. The summed E-state index contributed by atoms with van der Waals surface area (Å²) in [5, 5.41) is 13.4. The number of hydrogen-bond acceptors (Lipinski definition) is 4. The van der Waals surface area contributed by atoms with Crippen LogP contribution in [0.15, 0.2) is 27.4 Å². The van der Waals surface area contributed by atoms with Crippen LogP contribution in [0.2, 0.25) is 0 Å². The molecule has 2 N–H and O–H groups in total. The summed E-state index contributed by atoms with van der Waals surface area (Å²) in [6, 6.07) is 5.82. The molecule has 0 radical (unpaired) electrons. The maximum atomic E-state index is 11.6. The molecule has 2 aromatic rings. The first-order valence-corrected chi connectivity index (χ1v) is 8.48. The maximum absolute atomic E-state index is 11.6. The van der Waals surface area contributed by atoms with Crippen LogP contribution < -0.4 is 11.1 Å². The molecule has 0 bridgehead atoms. The molecule has 0 amide bonds. The first-order chi connectivity index (χ1) is 11.0. The Morgan fingerprint density at radius 3 is 2.78 bits per heavy atom. The predicted octanol–water partition coefficient (Wildman–Crippen LogP) is 2.55. The van der Waals surface area contributed by atoms with Gasteiger partial charge < -0.3 is 14.8 Å². The summed E-state index contributed by atoms with van der Waals surface area (Å²) < 4.78 is 6.75. The topological polar surface area (TPSA) is 67.4 Å². The number of aliphatic hydroxyl groups is 1. The average molecular weight is 318 g/mol. The molecule has 1 fully saturated rings. The molecule has 23 heavy (non-hydrogen) atoms. The molecule has 0 spiro atoms. The van der Waals surface area contributed by atoms with Gasteiger partial charge in [-0.1, -0.05) is 25.3 Å². The molecule has 1 unspecified atom stereocenters. The molecule has 1 aromatic heterocycles. The predicted molar refractivity (Wildman–Crippen MR) is 90.4 cm³/mol. The minimum Gasteiger partial charge on any atom is -0.408 e. The number of hydrogen-bond donors (Lipinski definition) is 2. The van der Waals surface area contributed by atoms with E-state index in [2.05, 4.69) is 12.2 Å². The largest absolute Gasteiger partial charge is 0.419 e. The highest BCUT2D eigenvalue weighted by Crippen LogP contribution is 2.32. The Labute approximate surface area is 136 Å². The van der Waals surface area contributed by atoms with E-state index in [1.54, 1.807) is 7.05 Å². The number of fused-ring (bicyclic) bond motifs is 1. The van der Waals surface area contributed by atoms with Gasteiger partial charge >= 0.3 is 5.76 Å². The van der Waals surface area contributed by atoms with Gasteiger partial charge in [0.2, 0.25) is 0 Å². The summed E-state index contributed by atoms with van der Waals surface area (Å²) in [6.07, 6.45) is 6.17. The minimum absolute atomic E-state index is 0.139. The molecule has 1 saturated carbocycles. The second-order valence-electron chi connectivity index (χ2n) is 6.99. The van der Waals surface area contributed by atoms with Crippen molar-refractivity contribution in [3.8, 4) is 0 Å². The molecule has 126 valence electrons. The van der Waals surface area contributed by atoms with Gasteiger partial charge in [-0.25, -0.2) is 4.79 Å². The Kier molecular flexibility index (Phi) is 4.60. The lowest BCUT2D eigenvalue weighted by molar-refractivity contribution is 0.0937. The number of rotatable bonds is 5. The van der Waals surface area contributed by atoms with Crippen molar-refractivity contribution in [3.05, 3.63) is 34.3 Å². The quantitative estimate of drug-likeness (QED) is 0.889. The zero-order valence-electron chi connectivity index (χ0n) is 14.0. The SMILES string of the molecule is Cn1c(=O)oc2cc(CNC(C)(CO)C3CCCCC3)ccc21. The van der Waals surface area contributed by atoms with Crippen LogP contribution in [0, 0.1) is 5.92 Å². The lowest BCUT2D eigenvalue weighted by Gasteiger charge is -2.39. The first-order valence-electron chi connectivity index (χ1n) is 8.48. The normalized spacial score (nSPS) is 19.1. The fourth-order valence-corrected chi connectivity index (χ4v) is 3.66. The van der Waals surface area contributed by atoms with Gasteiger partial charge in [-0.15, -0.1) is 0 Å². The van der Waals surface area contributed by atoms with E-state index in [-0.39, 0.29) is 17.9 Å². The fourth-order valence-electron chi connectivity index (χ4n) is 3.66. The number of nitrogens with one attached hydrogen (secondary N) is 1. The van der Waals surface area contributed by atoms with Crippen LogP contribution in [0.25, 0.3) is 11.1 Å². The Balaban J connectivity index is 1.74. The summed E-state index contributed by atoms with van der Waals surface area (Å²) in [7, 11) is 1.71. The van der Waals surface area contributed by atoms with Gasteiger partial charge in [0.05, 0.1) is 12.1 Å². The van der Waals surface area contributed by atoms with E-state index in [4.69, 9.17) is 4.42 Å². The van der Waals surface area contributed by atoms with Crippen molar-refractivity contribution in [2.24, 2.45) is 13.0 Å². The van der Waals surface area contributed by atoms with Crippen molar-refractivity contribution < 1.29 is 9.52 Å². The monoisotopic (exact) mass is 318 g/mol. The molecule has 5 heteroatoms. The van der Waals surface area contributed by atoms with E-state index < -0.39 is 0 Å². The third-order valence-corrected chi connectivity index (χ3v) is 5.39. The highest BCUT2D eigenvalue weighted by molar-refractivity contribution is 5.73. The Bertz CT molecular complexity index is 727. The molecule has 3 rings (SSSR count). The van der Waals surface area contributed by atoms with Crippen LogP contribution >= 0.6 is 0 Å². The number of aliphatic hydroxyl groups excluding tert-OH is 1. The van der Waals surface area contributed by atoms with Gasteiger partial charge in [0, 0.05) is 19.1 Å². The smallest absolute Gasteiger partial charge is 0.408 e. The molecule has 1 aromatic carbocycles. The summed E-state index contributed by atoms with van der Waals surface area (Å²) in [5.74, 6) is 0.173. The van der Waals surface area contributed by atoms with Gasteiger partial charge in [0.1, 0.15) is 0 Å². The first kappa shape index (κ1) is 16.3. The van der Waals surface area contributed by atoms with Gasteiger partial charge in [0.15, 0.2) is 5.58 Å². The van der Waals surface area contributed by atoms with E-state index in [9.17, 15) is 9.90 Å². The zero-order valence-corrected chi connectivity index (χ0v) is 14.0. The number of aryl methyl sites for hydroxylation is 1. The number of oxazole rings is 1. The number of aromatic nitrogens is 1. The second-order valence-corrected chi connectivity index (χ2v) is 6.99. The Morgan fingerprint density at radius 1 is 1.35 bits per heavy atom. The molecule has 0 saturated heterocycles. The average Bonchev–Trinajstić information content (AvgIpc) is 2.87. The van der Waals surface area contributed by atoms with Crippen molar-refractivity contribution in [1.82, 2.24) is 9.88 Å². The zero-order chi connectivity index (χ0) is 16.4. The van der Waals surface area contributed by atoms with Crippen molar-refractivity contribution in [2.45, 2.75) is 51.1 Å². The van der Waals surface area contributed by atoms with Crippen molar-refractivity contribution in [3.63, 3.8) is 0 Å². The highest BCUT2D eigenvalue weighted by atomic mass is 16.4. The third-order valence-electron chi connectivity index (χ3n) is 5.39. The van der Waals surface area contributed by atoms with Gasteiger partial charge in [-0.05, 0) is 43.4 Å². The summed E-state index contributed by atoms with van der Waals surface area (Å²) in [4.78, 5) is 11.6.